The number of carbonyl (C=O) groups excluding carboxylic acids is 4. The molecule has 0 spiro atoms. The van der Waals surface area contributed by atoms with Gasteiger partial charge in [-0.1, -0.05) is 61.5 Å². The predicted octanol–water partition coefficient (Wildman–Crippen LogP) is 5.23. The molecule has 0 aliphatic rings. The van der Waals surface area contributed by atoms with E-state index >= 15 is 0 Å². The van der Waals surface area contributed by atoms with Gasteiger partial charge in [0.15, 0.2) is 0 Å². The monoisotopic (exact) mass is 560 g/mol. The summed E-state index contributed by atoms with van der Waals surface area (Å²) in [7, 11) is 0. The van der Waals surface area contributed by atoms with E-state index in [1.54, 1.807) is 20.8 Å². The van der Waals surface area contributed by atoms with Crippen molar-refractivity contribution in [3.8, 4) is 0 Å². The number of ether oxygens (including phenoxy) is 1. The van der Waals surface area contributed by atoms with Crippen LogP contribution in [-0.2, 0) is 19.1 Å². The smallest absolute Gasteiger partial charge is 0.408 e. The number of aryl methyl sites for hydroxylation is 1. The van der Waals surface area contributed by atoms with Gasteiger partial charge in [0.25, 0.3) is 5.91 Å². The first-order chi connectivity index (χ1) is 19.4. The highest BCUT2D eigenvalue weighted by atomic mass is 16.6. The van der Waals surface area contributed by atoms with Crippen molar-refractivity contribution in [2.24, 2.45) is 5.73 Å². The third-order valence-corrected chi connectivity index (χ3v) is 6.48. The van der Waals surface area contributed by atoms with Gasteiger partial charge in [-0.15, -0.1) is 0 Å². The fourth-order valence-electron chi connectivity index (χ4n) is 4.62. The van der Waals surface area contributed by atoms with Crippen LogP contribution in [0.1, 0.15) is 64.1 Å². The second-order valence-corrected chi connectivity index (χ2v) is 11.0. The fourth-order valence-corrected chi connectivity index (χ4v) is 4.62. The lowest BCUT2D eigenvalue weighted by atomic mass is 9.97. The Hall–Kier alpha value is -4.40. The molecule has 0 fully saturated rings. The summed E-state index contributed by atoms with van der Waals surface area (Å²) in [5.74, 6) is -1.52. The van der Waals surface area contributed by atoms with Crippen molar-refractivity contribution in [2.45, 2.75) is 71.6 Å². The molecule has 9 nitrogen and oxygen atoms in total. The van der Waals surface area contributed by atoms with Gasteiger partial charge in [0.1, 0.15) is 17.7 Å². The number of nitrogens with one attached hydrogen (secondary N) is 2. The first-order valence-electron chi connectivity index (χ1n) is 13.8. The molecule has 2 unspecified atom stereocenters. The Labute approximate surface area is 241 Å². The summed E-state index contributed by atoms with van der Waals surface area (Å²) in [5.41, 5.74) is 6.65. The van der Waals surface area contributed by atoms with Crippen molar-refractivity contribution in [1.29, 1.82) is 0 Å². The minimum absolute atomic E-state index is 0.0413. The van der Waals surface area contributed by atoms with Gasteiger partial charge in [0.2, 0.25) is 11.8 Å². The van der Waals surface area contributed by atoms with E-state index in [9.17, 15) is 19.2 Å². The van der Waals surface area contributed by atoms with Gasteiger partial charge in [0.05, 0.1) is 0 Å². The van der Waals surface area contributed by atoms with Crippen LogP contribution in [0.25, 0.3) is 10.8 Å². The summed E-state index contributed by atoms with van der Waals surface area (Å²) in [4.78, 5) is 53.9. The molecule has 0 saturated carbocycles. The number of hydrogen-bond acceptors (Lipinski definition) is 5. The van der Waals surface area contributed by atoms with E-state index in [2.05, 4.69) is 10.6 Å². The summed E-state index contributed by atoms with van der Waals surface area (Å²) in [6, 6.07) is 18.7. The van der Waals surface area contributed by atoms with Gasteiger partial charge < -0.3 is 26.0 Å². The highest BCUT2D eigenvalue weighted by Gasteiger charge is 2.36. The minimum Gasteiger partial charge on any atom is -0.444 e. The maximum absolute atomic E-state index is 14.1. The SMILES string of the molecule is CCCN(C(=O)C(CCC(N)=O)NC(=O)OC(C)(C)C)C(C(=O)Nc1ccc2ccccc2c1)c1ccccc1C. The fraction of sp³-hybridized carbons (Fsp3) is 0.375. The Kier molecular flexibility index (Phi) is 10.5. The first kappa shape index (κ1) is 31.1. The number of rotatable bonds is 11. The molecular formula is C32H40N4O5. The van der Waals surface area contributed by atoms with Gasteiger partial charge >= 0.3 is 6.09 Å². The van der Waals surface area contributed by atoms with Crippen molar-refractivity contribution in [1.82, 2.24) is 10.2 Å². The summed E-state index contributed by atoms with van der Waals surface area (Å²) in [6.45, 7) is 9.14. The average molecular weight is 561 g/mol. The van der Waals surface area contributed by atoms with E-state index in [0.717, 1.165) is 16.3 Å². The van der Waals surface area contributed by atoms with Gasteiger partial charge in [-0.25, -0.2) is 4.79 Å². The van der Waals surface area contributed by atoms with Crippen molar-refractivity contribution in [3.63, 3.8) is 0 Å². The lowest BCUT2D eigenvalue weighted by Gasteiger charge is -2.35. The van der Waals surface area contributed by atoms with Crippen LogP contribution in [0.5, 0.6) is 0 Å². The molecule has 4 N–H and O–H groups in total. The van der Waals surface area contributed by atoms with Crippen LogP contribution in [-0.4, -0.2) is 46.9 Å². The Balaban J connectivity index is 2.01. The highest BCUT2D eigenvalue weighted by molar-refractivity contribution is 6.00. The Bertz CT molecular complexity index is 1400. The molecule has 4 amide bonds. The molecule has 3 aromatic carbocycles. The highest BCUT2D eigenvalue weighted by Crippen LogP contribution is 2.28. The minimum atomic E-state index is -1.14. The van der Waals surface area contributed by atoms with Gasteiger partial charge in [-0.2, -0.15) is 0 Å². The summed E-state index contributed by atoms with van der Waals surface area (Å²) < 4.78 is 5.37. The molecule has 9 heteroatoms. The molecule has 41 heavy (non-hydrogen) atoms. The zero-order valence-corrected chi connectivity index (χ0v) is 24.4. The molecule has 0 aliphatic carbocycles. The maximum Gasteiger partial charge on any atom is 0.408 e. The Morgan fingerprint density at radius 2 is 1.61 bits per heavy atom. The van der Waals surface area contributed by atoms with E-state index in [1.807, 2.05) is 80.6 Å². The topological polar surface area (TPSA) is 131 Å². The van der Waals surface area contributed by atoms with Crippen LogP contribution in [0.4, 0.5) is 10.5 Å². The maximum atomic E-state index is 14.1. The Morgan fingerprint density at radius 3 is 2.24 bits per heavy atom. The Morgan fingerprint density at radius 1 is 0.951 bits per heavy atom. The number of amides is 4. The van der Waals surface area contributed by atoms with Crippen LogP contribution >= 0.6 is 0 Å². The number of benzene rings is 3. The molecule has 0 saturated heterocycles. The number of primary amides is 1. The number of hydrogen-bond donors (Lipinski definition) is 3. The molecule has 0 aliphatic heterocycles. The lowest BCUT2D eigenvalue weighted by Crippen LogP contribution is -2.53. The normalized spacial score (nSPS) is 12.7. The molecule has 2 atom stereocenters. The lowest BCUT2D eigenvalue weighted by molar-refractivity contribution is -0.141. The summed E-state index contributed by atoms with van der Waals surface area (Å²) in [5, 5.41) is 7.60. The number of nitrogens with zero attached hydrogens (tertiary/aromatic N) is 1. The number of anilines is 1. The zero-order valence-electron chi connectivity index (χ0n) is 24.4. The van der Waals surface area contributed by atoms with Crippen LogP contribution in [0, 0.1) is 6.92 Å². The van der Waals surface area contributed by atoms with Crippen LogP contribution in [0.15, 0.2) is 66.7 Å². The van der Waals surface area contributed by atoms with Crippen LogP contribution < -0.4 is 16.4 Å². The average Bonchev–Trinajstić information content (AvgIpc) is 2.90. The third-order valence-electron chi connectivity index (χ3n) is 6.48. The largest absolute Gasteiger partial charge is 0.444 e. The van der Waals surface area contributed by atoms with E-state index in [-0.39, 0.29) is 19.4 Å². The molecule has 3 aromatic rings. The van der Waals surface area contributed by atoms with E-state index in [0.29, 0.717) is 17.7 Å². The summed E-state index contributed by atoms with van der Waals surface area (Å²) in [6.07, 6.45) is -0.429. The van der Waals surface area contributed by atoms with Crippen LogP contribution in [0.3, 0.4) is 0 Å². The van der Waals surface area contributed by atoms with E-state index in [1.165, 1.54) is 4.90 Å². The quantitative estimate of drug-likeness (QED) is 0.296. The molecule has 0 heterocycles. The second kappa shape index (κ2) is 13.8. The van der Waals surface area contributed by atoms with Gasteiger partial charge in [-0.05, 0) is 74.6 Å². The van der Waals surface area contributed by atoms with Crippen molar-refractivity contribution < 1.29 is 23.9 Å². The zero-order chi connectivity index (χ0) is 30.2. The number of alkyl carbamates (subject to hydrolysis) is 1. The van der Waals surface area contributed by atoms with E-state index in [4.69, 9.17) is 10.5 Å². The number of fused-ring (bicyclic) bond motifs is 1. The molecular weight excluding hydrogens is 520 g/mol. The molecule has 0 radical (unpaired) electrons. The molecule has 0 bridgehead atoms. The predicted molar refractivity (Wildman–Crippen MR) is 160 cm³/mol. The van der Waals surface area contributed by atoms with E-state index < -0.39 is 41.5 Å². The first-order valence-corrected chi connectivity index (χ1v) is 13.8. The number of carbonyl (C=O) groups is 4. The number of nitrogens with two attached hydrogens (primary N) is 1. The van der Waals surface area contributed by atoms with Gasteiger partial charge in [0, 0.05) is 18.7 Å². The third kappa shape index (κ3) is 8.79. The van der Waals surface area contributed by atoms with Crippen LogP contribution in [0.2, 0.25) is 0 Å². The van der Waals surface area contributed by atoms with Gasteiger partial charge in [-0.3, -0.25) is 14.4 Å². The van der Waals surface area contributed by atoms with Crippen molar-refractivity contribution in [2.75, 3.05) is 11.9 Å². The molecule has 0 aromatic heterocycles. The summed E-state index contributed by atoms with van der Waals surface area (Å²) >= 11 is 0. The second-order valence-electron chi connectivity index (χ2n) is 11.0. The van der Waals surface area contributed by atoms with Crippen molar-refractivity contribution >= 4 is 40.3 Å². The molecule has 218 valence electrons. The standard InChI is InChI=1S/C32H40N4O5/c1-6-19-36(30(39)26(17-18-27(33)37)35-31(40)41-32(3,4)5)28(25-14-10-7-11-21(25)2)29(38)34-24-16-15-22-12-8-9-13-23(22)20-24/h7-16,20,26,28H,6,17-19H2,1-5H3,(H2,33,37)(H,34,38)(H,35,40). The molecule has 3 rings (SSSR count). The van der Waals surface area contributed by atoms with Crippen molar-refractivity contribution in [3.05, 3.63) is 77.9 Å².